The third kappa shape index (κ3) is 7.62. The second-order valence-electron chi connectivity index (χ2n) is 9.34. The van der Waals surface area contributed by atoms with E-state index in [2.05, 4.69) is 24.3 Å². The maximum atomic E-state index is 11.9. The van der Waals surface area contributed by atoms with E-state index in [0.717, 1.165) is 41.8 Å². The Hall–Kier alpha value is -4.26. The summed E-state index contributed by atoms with van der Waals surface area (Å²) in [7, 11) is 0. The number of carbonyl (C=O) groups excluding carboxylic acids is 1. The van der Waals surface area contributed by atoms with Crippen molar-refractivity contribution in [1.82, 2.24) is 0 Å². The Labute approximate surface area is 223 Å². The summed E-state index contributed by atoms with van der Waals surface area (Å²) in [5, 5.41) is 8.99. The first-order valence-corrected chi connectivity index (χ1v) is 13.0. The zero-order valence-electron chi connectivity index (χ0n) is 21.4. The van der Waals surface area contributed by atoms with Crippen LogP contribution >= 0.6 is 0 Å². The van der Waals surface area contributed by atoms with Gasteiger partial charge in [0, 0.05) is 18.5 Å². The number of carboxylic acid groups (broad SMARTS) is 1. The lowest BCUT2D eigenvalue weighted by Crippen LogP contribution is -2.47. The maximum absolute atomic E-state index is 11.9. The van der Waals surface area contributed by atoms with Gasteiger partial charge in [-0.1, -0.05) is 66.7 Å². The largest absolute Gasteiger partial charge is 0.494 e. The minimum atomic E-state index is -0.846. The molecule has 0 radical (unpaired) electrons. The molecule has 38 heavy (non-hydrogen) atoms. The van der Waals surface area contributed by atoms with Gasteiger partial charge in [-0.25, -0.2) is 0 Å². The third-order valence-electron chi connectivity index (χ3n) is 6.45. The minimum absolute atomic E-state index is 0.0565. The van der Waals surface area contributed by atoms with Crippen molar-refractivity contribution in [2.45, 2.75) is 38.2 Å². The van der Waals surface area contributed by atoms with E-state index in [0.29, 0.717) is 31.9 Å². The third-order valence-corrected chi connectivity index (χ3v) is 6.45. The Morgan fingerprint density at radius 3 is 2.50 bits per heavy atom. The van der Waals surface area contributed by atoms with Gasteiger partial charge >= 0.3 is 5.97 Å². The molecule has 3 N–H and O–H groups in total. The zero-order chi connectivity index (χ0) is 26.7. The van der Waals surface area contributed by atoms with Crippen LogP contribution in [0.2, 0.25) is 0 Å². The van der Waals surface area contributed by atoms with Gasteiger partial charge in [-0.3, -0.25) is 9.59 Å². The van der Waals surface area contributed by atoms with Gasteiger partial charge in [-0.15, -0.1) is 0 Å². The fourth-order valence-corrected chi connectivity index (χ4v) is 4.44. The Morgan fingerprint density at radius 1 is 0.974 bits per heavy atom. The van der Waals surface area contributed by atoms with Gasteiger partial charge in [0.2, 0.25) is 0 Å². The van der Waals surface area contributed by atoms with Crippen LogP contribution in [0.4, 0.5) is 5.69 Å². The van der Waals surface area contributed by atoms with Crippen LogP contribution in [0.15, 0.2) is 72.8 Å². The lowest BCUT2D eigenvalue weighted by Gasteiger charge is -2.35. The number of anilines is 1. The number of aryl methyl sites for hydroxylation is 1. The summed E-state index contributed by atoms with van der Waals surface area (Å²) in [6.45, 7) is 1.47. The summed E-state index contributed by atoms with van der Waals surface area (Å²) in [4.78, 5) is 24.9. The molecule has 3 aromatic rings. The molecule has 1 unspecified atom stereocenters. The molecule has 0 aromatic heterocycles. The van der Waals surface area contributed by atoms with Crippen LogP contribution in [0.3, 0.4) is 0 Å². The van der Waals surface area contributed by atoms with E-state index in [1.807, 2.05) is 65.6 Å². The summed E-state index contributed by atoms with van der Waals surface area (Å²) in [6, 6.07) is 24.1. The maximum Gasteiger partial charge on any atom is 0.303 e. The number of amides is 1. The van der Waals surface area contributed by atoms with Crippen molar-refractivity contribution in [1.29, 1.82) is 0 Å². The fraction of sp³-hybridized carbons (Fsp3) is 0.290. The number of hydrogen-bond acceptors (Lipinski definition) is 5. The Bertz CT molecular complexity index is 1240. The summed E-state index contributed by atoms with van der Waals surface area (Å²) in [6.07, 6.45) is 6.77. The fourth-order valence-electron chi connectivity index (χ4n) is 4.44. The molecule has 1 aliphatic heterocycles. The predicted molar refractivity (Wildman–Crippen MR) is 149 cm³/mol. The molecule has 0 bridgehead atoms. The molecule has 1 amide bonds. The number of rotatable bonds is 13. The van der Waals surface area contributed by atoms with Crippen molar-refractivity contribution in [2.24, 2.45) is 5.73 Å². The molecule has 3 aromatic carbocycles. The minimum Gasteiger partial charge on any atom is -0.494 e. The van der Waals surface area contributed by atoms with E-state index in [-0.39, 0.29) is 6.42 Å². The number of nitrogens with two attached hydrogens (primary N) is 1. The molecule has 1 aliphatic rings. The topological polar surface area (TPSA) is 102 Å². The number of nitrogens with zero attached hydrogens (tertiary/aromatic N) is 1. The van der Waals surface area contributed by atoms with Gasteiger partial charge in [0.25, 0.3) is 5.91 Å². The van der Waals surface area contributed by atoms with Gasteiger partial charge < -0.3 is 25.2 Å². The van der Waals surface area contributed by atoms with Crippen molar-refractivity contribution in [3.63, 3.8) is 0 Å². The molecule has 0 fully saturated rings. The van der Waals surface area contributed by atoms with E-state index in [1.165, 1.54) is 5.56 Å². The molecular formula is C31H34N2O5. The van der Waals surface area contributed by atoms with Gasteiger partial charge in [0.05, 0.1) is 18.8 Å². The monoisotopic (exact) mass is 514 g/mol. The van der Waals surface area contributed by atoms with E-state index < -0.39 is 18.0 Å². The second kappa shape index (κ2) is 13.3. The summed E-state index contributed by atoms with van der Waals surface area (Å²) in [5.41, 5.74) is 9.55. The highest BCUT2D eigenvalue weighted by Crippen LogP contribution is 2.37. The number of carboxylic acids is 1. The highest BCUT2D eigenvalue weighted by molar-refractivity contribution is 5.84. The van der Waals surface area contributed by atoms with E-state index in [4.69, 9.17) is 20.3 Å². The number of hydrogen-bond donors (Lipinski definition) is 2. The van der Waals surface area contributed by atoms with Gasteiger partial charge in [-0.05, 0) is 55.0 Å². The molecule has 1 heterocycles. The first-order valence-electron chi connectivity index (χ1n) is 13.0. The number of benzene rings is 3. The molecular weight excluding hydrogens is 480 g/mol. The van der Waals surface area contributed by atoms with Crippen molar-refractivity contribution in [3.05, 3.63) is 89.5 Å². The summed E-state index contributed by atoms with van der Waals surface area (Å²) in [5.74, 6) is 0.0163. The van der Waals surface area contributed by atoms with E-state index in [1.54, 1.807) is 0 Å². The Balaban J connectivity index is 1.35. The number of unbranched alkanes of at least 4 members (excludes halogenated alkanes) is 1. The molecule has 7 heteroatoms. The van der Waals surface area contributed by atoms with Crippen LogP contribution < -0.4 is 20.1 Å². The first kappa shape index (κ1) is 26.8. The van der Waals surface area contributed by atoms with Crippen molar-refractivity contribution in [3.8, 4) is 11.5 Å². The lowest BCUT2D eigenvalue weighted by atomic mass is 10.1. The van der Waals surface area contributed by atoms with E-state index >= 15 is 0 Å². The first-order chi connectivity index (χ1) is 18.5. The number of ether oxygens (including phenoxy) is 2. The molecule has 1 atom stereocenters. The summed E-state index contributed by atoms with van der Waals surface area (Å²) >= 11 is 0. The lowest BCUT2D eigenvalue weighted by molar-refractivity contribution is -0.137. The highest BCUT2D eigenvalue weighted by atomic mass is 16.5. The SMILES string of the molecule is NC(=O)C1CN(CCCC(=O)O)c2cccc(/C=C/c3ccc(OCCCCc4ccccc4)cc3)c2O1. The number of fused-ring (bicyclic) bond motifs is 1. The molecule has 0 aliphatic carbocycles. The highest BCUT2D eigenvalue weighted by Gasteiger charge is 2.30. The molecule has 198 valence electrons. The Morgan fingerprint density at radius 2 is 1.76 bits per heavy atom. The quantitative estimate of drug-likeness (QED) is 0.241. The molecule has 7 nitrogen and oxygen atoms in total. The van der Waals surface area contributed by atoms with Crippen LogP contribution in [-0.4, -0.2) is 42.8 Å². The average molecular weight is 515 g/mol. The van der Waals surface area contributed by atoms with Crippen LogP contribution in [0, 0.1) is 0 Å². The number of para-hydroxylation sites is 1. The van der Waals surface area contributed by atoms with Gasteiger partial charge in [0.15, 0.2) is 11.9 Å². The number of primary amides is 1. The molecule has 0 spiro atoms. The van der Waals surface area contributed by atoms with Crippen molar-refractivity contribution >= 4 is 29.7 Å². The van der Waals surface area contributed by atoms with Gasteiger partial charge in [0.1, 0.15) is 5.75 Å². The smallest absolute Gasteiger partial charge is 0.303 e. The zero-order valence-corrected chi connectivity index (χ0v) is 21.4. The van der Waals surface area contributed by atoms with Gasteiger partial charge in [-0.2, -0.15) is 0 Å². The molecule has 0 saturated heterocycles. The van der Waals surface area contributed by atoms with Crippen LogP contribution in [0.1, 0.15) is 42.4 Å². The van der Waals surface area contributed by atoms with Crippen molar-refractivity contribution < 1.29 is 24.2 Å². The number of carbonyl (C=O) groups is 2. The molecule has 4 rings (SSSR count). The second-order valence-corrected chi connectivity index (χ2v) is 9.34. The van der Waals surface area contributed by atoms with Crippen LogP contribution in [-0.2, 0) is 16.0 Å². The summed E-state index contributed by atoms with van der Waals surface area (Å²) < 4.78 is 11.9. The predicted octanol–water partition coefficient (Wildman–Crippen LogP) is 5.18. The molecule has 0 saturated carbocycles. The van der Waals surface area contributed by atoms with Crippen LogP contribution in [0.25, 0.3) is 12.2 Å². The standard InChI is InChI=1S/C31H34N2O5/c32-31(36)28-22-33(20-7-13-29(34)35)27-12-6-11-25(30(27)38-28)17-14-24-15-18-26(19-16-24)37-21-5-4-10-23-8-2-1-3-9-23/h1-3,6,8-9,11-12,14-19,28H,4-5,7,10,13,20-22H2,(H2,32,36)(H,34,35)/b17-14+. The number of aliphatic carboxylic acids is 1. The van der Waals surface area contributed by atoms with E-state index in [9.17, 15) is 9.59 Å². The normalized spacial score (nSPS) is 14.6. The average Bonchev–Trinajstić information content (AvgIpc) is 2.92. The Kier molecular flexibility index (Phi) is 9.40. The van der Waals surface area contributed by atoms with Crippen LogP contribution in [0.5, 0.6) is 11.5 Å². The van der Waals surface area contributed by atoms with Crippen molar-refractivity contribution in [2.75, 3.05) is 24.6 Å².